The van der Waals surface area contributed by atoms with E-state index in [1.54, 1.807) is 0 Å². The number of para-hydroxylation sites is 1. The number of aryl methyl sites for hydroxylation is 1. The highest BCUT2D eigenvalue weighted by Crippen LogP contribution is 2.35. The van der Waals surface area contributed by atoms with Crippen molar-refractivity contribution in [1.29, 1.82) is 0 Å². The Morgan fingerprint density at radius 2 is 1.85 bits per heavy atom. The number of amides is 1. The molecule has 0 spiro atoms. The van der Waals surface area contributed by atoms with Crippen LogP contribution in [-0.2, 0) is 4.79 Å². The van der Waals surface area contributed by atoms with Gasteiger partial charge < -0.3 is 5.32 Å². The lowest BCUT2D eigenvalue weighted by atomic mass is 9.85. The molecule has 1 aromatic heterocycles. The van der Waals surface area contributed by atoms with Gasteiger partial charge in [-0.2, -0.15) is 5.10 Å². The molecule has 2 aromatic rings. The molecule has 1 aliphatic heterocycles. The fourth-order valence-corrected chi connectivity index (χ4v) is 4.92. The fraction of sp³-hybridized carbons (Fsp3) is 0.476. The number of aromatic nitrogens is 2. The highest BCUT2D eigenvalue weighted by molar-refractivity contribution is 7.80. The van der Waals surface area contributed by atoms with Crippen LogP contribution in [0.3, 0.4) is 0 Å². The van der Waals surface area contributed by atoms with Crippen molar-refractivity contribution in [2.45, 2.75) is 58.5 Å². The normalized spacial score (nSPS) is 25.7. The molecule has 0 unspecified atom stereocenters. The molecular formula is C21H26N4OS. The Labute approximate surface area is 165 Å². The molecule has 142 valence electrons. The molecule has 1 saturated carbocycles. The van der Waals surface area contributed by atoms with E-state index in [-0.39, 0.29) is 11.9 Å². The van der Waals surface area contributed by atoms with Crippen LogP contribution in [0.5, 0.6) is 0 Å². The van der Waals surface area contributed by atoms with Gasteiger partial charge in [-0.25, -0.2) is 4.68 Å². The summed E-state index contributed by atoms with van der Waals surface area (Å²) in [4.78, 5) is 15.2. The lowest BCUT2D eigenvalue weighted by Gasteiger charge is -2.35. The fourth-order valence-electron chi connectivity index (χ4n) is 4.58. The first-order chi connectivity index (χ1) is 13.0. The van der Waals surface area contributed by atoms with E-state index in [9.17, 15) is 4.79 Å². The van der Waals surface area contributed by atoms with Crippen molar-refractivity contribution in [3.63, 3.8) is 0 Å². The van der Waals surface area contributed by atoms with Gasteiger partial charge in [0.05, 0.1) is 11.4 Å². The van der Waals surface area contributed by atoms with Crippen molar-refractivity contribution in [2.75, 3.05) is 0 Å². The molecule has 3 atom stereocenters. The van der Waals surface area contributed by atoms with Crippen LogP contribution in [0.1, 0.15) is 55.6 Å². The van der Waals surface area contributed by atoms with Gasteiger partial charge in [-0.3, -0.25) is 9.69 Å². The Balaban J connectivity index is 1.68. The van der Waals surface area contributed by atoms with Crippen molar-refractivity contribution in [2.24, 2.45) is 5.92 Å². The number of carbonyl (C=O) groups excluding carboxylic acids is 1. The summed E-state index contributed by atoms with van der Waals surface area (Å²) in [5.41, 5.74) is 3.78. The summed E-state index contributed by atoms with van der Waals surface area (Å²) in [5.74, 6) is 0.549. The van der Waals surface area contributed by atoms with E-state index in [0.717, 1.165) is 41.9 Å². The van der Waals surface area contributed by atoms with Crippen molar-refractivity contribution in [3.8, 4) is 5.69 Å². The minimum Gasteiger partial charge on any atom is -0.347 e. The van der Waals surface area contributed by atoms with E-state index >= 15 is 0 Å². The average molecular weight is 383 g/mol. The lowest BCUT2D eigenvalue weighted by molar-refractivity contribution is -0.129. The zero-order chi connectivity index (χ0) is 19.1. The monoisotopic (exact) mass is 382 g/mol. The van der Waals surface area contributed by atoms with E-state index in [4.69, 9.17) is 17.3 Å². The maximum atomic E-state index is 13.4. The second-order valence-electron chi connectivity index (χ2n) is 7.75. The molecule has 1 aromatic carbocycles. The topological polar surface area (TPSA) is 50.2 Å². The summed E-state index contributed by atoms with van der Waals surface area (Å²) in [6.07, 6.45) is 4.59. The SMILES string of the molecule is Cc1nn(-c2ccccc2)c(C)c1[C@@H]1NC(=S)N([C@@H]2CCCC[C@@H]2C)C1=O. The number of benzene rings is 1. The predicted molar refractivity (Wildman–Crippen MR) is 110 cm³/mol. The number of rotatable bonds is 3. The van der Waals surface area contributed by atoms with Gasteiger partial charge >= 0.3 is 0 Å². The predicted octanol–water partition coefficient (Wildman–Crippen LogP) is 3.83. The quantitative estimate of drug-likeness (QED) is 0.820. The van der Waals surface area contributed by atoms with Gasteiger partial charge in [0.2, 0.25) is 0 Å². The van der Waals surface area contributed by atoms with Gasteiger partial charge in [0.1, 0.15) is 6.04 Å². The van der Waals surface area contributed by atoms with Crippen LogP contribution in [-0.4, -0.2) is 31.7 Å². The molecule has 4 rings (SSSR count). The summed E-state index contributed by atoms with van der Waals surface area (Å²) >= 11 is 5.58. The Morgan fingerprint density at radius 1 is 1.15 bits per heavy atom. The molecule has 1 amide bonds. The van der Waals surface area contributed by atoms with Crippen molar-refractivity contribution >= 4 is 23.2 Å². The van der Waals surface area contributed by atoms with Gasteiger partial charge in [0, 0.05) is 17.3 Å². The average Bonchev–Trinajstić information content (AvgIpc) is 3.11. The molecule has 27 heavy (non-hydrogen) atoms. The zero-order valence-corrected chi connectivity index (χ0v) is 16.9. The summed E-state index contributed by atoms with van der Waals surface area (Å²) in [6, 6.07) is 9.78. The van der Waals surface area contributed by atoms with Gasteiger partial charge in [-0.05, 0) is 57.0 Å². The summed E-state index contributed by atoms with van der Waals surface area (Å²) in [6.45, 7) is 6.22. The third-order valence-electron chi connectivity index (χ3n) is 6.01. The minimum absolute atomic E-state index is 0.0672. The Hall–Kier alpha value is -2.21. The van der Waals surface area contributed by atoms with Gasteiger partial charge in [-0.1, -0.05) is 38.0 Å². The van der Waals surface area contributed by atoms with Gasteiger partial charge in [0.25, 0.3) is 5.91 Å². The van der Waals surface area contributed by atoms with Crippen LogP contribution >= 0.6 is 12.2 Å². The second-order valence-corrected chi connectivity index (χ2v) is 8.14. The van der Waals surface area contributed by atoms with Crippen LogP contribution < -0.4 is 5.32 Å². The smallest absolute Gasteiger partial charge is 0.256 e. The van der Waals surface area contributed by atoms with Gasteiger partial charge in [-0.15, -0.1) is 0 Å². The van der Waals surface area contributed by atoms with Crippen molar-refractivity contribution in [1.82, 2.24) is 20.0 Å². The highest BCUT2D eigenvalue weighted by atomic mass is 32.1. The molecule has 2 heterocycles. The number of carbonyl (C=O) groups is 1. The van der Waals surface area contributed by atoms with E-state index in [0.29, 0.717) is 11.0 Å². The van der Waals surface area contributed by atoms with Crippen molar-refractivity contribution in [3.05, 3.63) is 47.3 Å². The molecule has 1 aliphatic carbocycles. The maximum absolute atomic E-state index is 13.4. The summed E-state index contributed by atoms with van der Waals surface area (Å²) < 4.78 is 1.91. The Kier molecular flexibility index (Phi) is 4.76. The molecule has 0 bridgehead atoms. The third-order valence-corrected chi connectivity index (χ3v) is 6.32. The van der Waals surface area contributed by atoms with Gasteiger partial charge in [0.15, 0.2) is 5.11 Å². The first-order valence-electron chi connectivity index (χ1n) is 9.74. The molecule has 0 radical (unpaired) electrons. The number of thiocarbonyl (C=S) groups is 1. The largest absolute Gasteiger partial charge is 0.347 e. The molecule has 2 aliphatic rings. The number of nitrogens with one attached hydrogen (secondary N) is 1. The first kappa shape index (κ1) is 18.2. The molecule has 5 nitrogen and oxygen atoms in total. The second kappa shape index (κ2) is 7.08. The number of hydrogen-bond acceptors (Lipinski definition) is 3. The van der Waals surface area contributed by atoms with Crippen LogP contribution in [0, 0.1) is 19.8 Å². The lowest BCUT2D eigenvalue weighted by Crippen LogP contribution is -2.45. The van der Waals surface area contributed by atoms with Crippen LogP contribution in [0.15, 0.2) is 30.3 Å². The van der Waals surface area contributed by atoms with E-state index in [1.807, 2.05) is 53.8 Å². The maximum Gasteiger partial charge on any atom is 0.256 e. The van der Waals surface area contributed by atoms with E-state index < -0.39 is 6.04 Å². The minimum atomic E-state index is -0.441. The first-order valence-corrected chi connectivity index (χ1v) is 10.1. The van der Waals surface area contributed by atoms with Crippen LogP contribution in [0.25, 0.3) is 5.69 Å². The Bertz CT molecular complexity index is 876. The number of hydrogen-bond donors (Lipinski definition) is 1. The molecule has 6 heteroatoms. The summed E-state index contributed by atoms with van der Waals surface area (Å²) in [7, 11) is 0. The standard InChI is InChI=1S/C21H26N4OS/c1-13-9-7-8-12-17(13)24-20(26)19(22-21(24)27)18-14(2)23-25(15(18)3)16-10-5-4-6-11-16/h4-6,10-11,13,17,19H,7-9,12H2,1-3H3,(H,22,27)/t13-,17+,19-/m0/s1. The van der Waals surface area contributed by atoms with Crippen molar-refractivity contribution < 1.29 is 4.79 Å². The highest BCUT2D eigenvalue weighted by Gasteiger charge is 2.44. The summed E-state index contributed by atoms with van der Waals surface area (Å²) in [5, 5.41) is 8.55. The molecule has 1 N–H and O–H groups in total. The van der Waals surface area contributed by atoms with E-state index in [2.05, 4.69) is 12.2 Å². The zero-order valence-electron chi connectivity index (χ0n) is 16.1. The Morgan fingerprint density at radius 3 is 2.56 bits per heavy atom. The van der Waals surface area contributed by atoms with E-state index in [1.165, 1.54) is 6.42 Å². The van der Waals surface area contributed by atoms with Crippen LogP contribution in [0.2, 0.25) is 0 Å². The molecule has 2 fully saturated rings. The third kappa shape index (κ3) is 3.06. The molecule has 1 saturated heterocycles. The van der Waals surface area contributed by atoms with Crippen LogP contribution in [0.4, 0.5) is 0 Å². The number of nitrogens with zero attached hydrogens (tertiary/aromatic N) is 3. The molecular weight excluding hydrogens is 356 g/mol.